The molecule has 0 atom stereocenters. The molecular weight excluding hydrogens is 383 g/mol. The Morgan fingerprint density at radius 2 is 1.60 bits per heavy atom. The van der Waals surface area contributed by atoms with Gasteiger partial charge in [-0.05, 0) is 36.4 Å². The van der Waals surface area contributed by atoms with Gasteiger partial charge in [-0.25, -0.2) is 4.79 Å². The fraction of sp³-hybridized carbons (Fsp3) is 0.0588. The van der Waals surface area contributed by atoms with Crippen LogP contribution in [-0.4, -0.2) is 15.8 Å². The van der Waals surface area contributed by atoms with Crippen LogP contribution in [0.2, 0.25) is 15.1 Å². The van der Waals surface area contributed by atoms with E-state index in [9.17, 15) is 4.79 Å². The van der Waals surface area contributed by atoms with Crippen LogP contribution in [0.5, 0.6) is 0 Å². The highest BCUT2D eigenvalue weighted by atomic mass is 35.5. The molecule has 3 rings (SSSR count). The predicted octanol–water partition coefficient (Wildman–Crippen LogP) is 5.54. The van der Waals surface area contributed by atoms with Gasteiger partial charge in [0.1, 0.15) is 0 Å². The van der Waals surface area contributed by atoms with Crippen LogP contribution >= 0.6 is 34.8 Å². The van der Waals surface area contributed by atoms with Crippen molar-refractivity contribution in [3.8, 4) is 0 Å². The van der Waals surface area contributed by atoms with Gasteiger partial charge in [0.05, 0.1) is 18.4 Å². The third-order valence-electron chi connectivity index (χ3n) is 3.38. The zero-order valence-corrected chi connectivity index (χ0v) is 15.1. The molecule has 0 unspecified atom stereocenters. The van der Waals surface area contributed by atoms with Crippen LogP contribution in [0.1, 0.15) is 5.56 Å². The summed E-state index contributed by atoms with van der Waals surface area (Å²) in [6.07, 6.45) is 3.24. The Morgan fingerprint density at radius 3 is 2.28 bits per heavy atom. The third kappa shape index (κ3) is 4.66. The second kappa shape index (κ2) is 7.78. The van der Waals surface area contributed by atoms with Gasteiger partial charge in [-0.15, -0.1) is 0 Å². The number of carbonyl (C=O) groups excluding carboxylic acids is 1. The average Bonchev–Trinajstić information content (AvgIpc) is 3.00. The molecule has 0 bridgehead atoms. The van der Waals surface area contributed by atoms with Gasteiger partial charge in [0.2, 0.25) is 0 Å². The maximum absolute atomic E-state index is 12.0. The number of hydrogen-bond acceptors (Lipinski definition) is 2. The molecule has 0 fully saturated rings. The van der Waals surface area contributed by atoms with E-state index in [1.54, 1.807) is 59.5 Å². The van der Waals surface area contributed by atoms with Crippen molar-refractivity contribution in [2.24, 2.45) is 0 Å². The molecule has 0 saturated carbocycles. The smallest absolute Gasteiger partial charge is 0.308 e. The molecule has 0 radical (unpaired) electrons. The first-order chi connectivity index (χ1) is 12.0. The molecule has 8 heteroatoms. The number of anilines is 2. The summed E-state index contributed by atoms with van der Waals surface area (Å²) in [6, 6.07) is 11.8. The molecule has 1 heterocycles. The minimum atomic E-state index is -0.377. The fourth-order valence-corrected chi connectivity index (χ4v) is 2.83. The maximum atomic E-state index is 12.0. The summed E-state index contributed by atoms with van der Waals surface area (Å²) in [6.45, 7) is 0.402. The van der Waals surface area contributed by atoms with Gasteiger partial charge < -0.3 is 10.6 Å². The molecule has 128 valence electrons. The van der Waals surface area contributed by atoms with Gasteiger partial charge in [0.25, 0.3) is 0 Å². The summed E-state index contributed by atoms with van der Waals surface area (Å²) >= 11 is 18.1. The maximum Gasteiger partial charge on any atom is 0.323 e. The molecular formula is C17H13Cl3N4O. The van der Waals surface area contributed by atoms with Crippen molar-refractivity contribution in [3.63, 3.8) is 0 Å². The fourth-order valence-electron chi connectivity index (χ4n) is 2.19. The van der Waals surface area contributed by atoms with Crippen LogP contribution in [0, 0.1) is 0 Å². The lowest BCUT2D eigenvalue weighted by Gasteiger charge is -2.07. The lowest BCUT2D eigenvalue weighted by molar-refractivity contribution is 0.262. The summed E-state index contributed by atoms with van der Waals surface area (Å²) in [5.41, 5.74) is 1.96. The molecule has 25 heavy (non-hydrogen) atoms. The summed E-state index contributed by atoms with van der Waals surface area (Å²) in [5.74, 6) is 0. The number of benzene rings is 2. The zero-order valence-electron chi connectivity index (χ0n) is 12.8. The number of carbonyl (C=O) groups is 1. The van der Waals surface area contributed by atoms with E-state index in [4.69, 9.17) is 34.8 Å². The topological polar surface area (TPSA) is 59.0 Å². The van der Waals surface area contributed by atoms with Crippen molar-refractivity contribution in [2.75, 3.05) is 10.6 Å². The second-order valence-electron chi connectivity index (χ2n) is 5.21. The SMILES string of the molecule is O=C(Nc1ccc(Cl)cc1)Nc1cnn(Cc2c(Cl)cccc2Cl)c1. The van der Waals surface area contributed by atoms with Crippen LogP contribution in [0.15, 0.2) is 54.9 Å². The molecule has 1 aromatic heterocycles. The molecule has 2 amide bonds. The van der Waals surface area contributed by atoms with Gasteiger partial charge in [0.15, 0.2) is 0 Å². The number of hydrogen-bond donors (Lipinski definition) is 2. The van der Waals surface area contributed by atoms with Crippen LogP contribution in [0.4, 0.5) is 16.2 Å². The Bertz CT molecular complexity index is 873. The quantitative estimate of drug-likeness (QED) is 0.609. The number of nitrogens with one attached hydrogen (secondary N) is 2. The van der Waals surface area contributed by atoms with Crippen LogP contribution in [0.3, 0.4) is 0 Å². The van der Waals surface area contributed by atoms with Crippen LogP contribution in [-0.2, 0) is 6.54 Å². The predicted molar refractivity (Wildman–Crippen MR) is 102 cm³/mol. The molecule has 2 N–H and O–H groups in total. The Morgan fingerprint density at radius 1 is 0.960 bits per heavy atom. The Kier molecular flexibility index (Phi) is 5.48. The normalized spacial score (nSPS) is 10.5. The van der Waals surface area contributed by atoms with E-state index in [1.807, 2.05) is 0 Å². The van der Waals surface area contributed by atoms with E-state index in [0.717, 1.165) is 5.56 Å². The minimum absolute atomic E-state index is 0.377. The Hall–Kier alpha value is -2.21. The van der Waals surface area contributed by atoms with Crippen molar-refractivity contribution in [1.82, 2.24) is 9.78 Å². The van der Waals surface area contributed by atoms with Crippen molar-refractivity contribution in [2.45, 2.75) is 6.54 Å². The van der Waals surface area contributed by atoms with E-state index in [2.05, 4.69) is 15.7 Å². The summed E-state index contributed by atoms with van der Waals surface area (Å²) < 4.78 is 1.64. The van der Waals surface area contributed by atoms with Crippen molar-refractivity contribution in [3.05, 3.63) is 75.5 Å². The Balaban J connectivity index is 1.63. The summed E-state index contributed by atoms with van der Waals surface area (Å²) in [7, 11) is 0. The molecule has 0 aliphatic heterocycles. The zero-order chi connectivity index (χ0) is 17.8. The van der Waals surface area contributed by atoms with Crippen molar-refractivity contribution >= 4 is 52.2 Å². The highest BCUT2D eigenvalue weighted by Crippen LogP contribution is 2.25. The van der Waals surface area contributed by atoms with E-state index in [1.165, 1.54) is 0 Å². The highest BCUT2D eigenvalue weighted by molar-refractivity contribution is 6.36. The molecule has 3 aromatic rings. The minimum Gasteiger partial charge on any atom is -0.308 e. The Labute approximate surface area is 159 Å². The van der Waals surface area contributed by atoms with Crippen molar-refractivity contribution < 1.29 is 4.79 Å². The molecule has 0 aliphatic rings. The van der Waals surface area contributed by atoms with E-state index >= 15 is 0 Å². The molecule has 0 saturated heterocycles. The van der Waals surface area contributed by atoms with Crippen LogP contribution < -0.4 is 10.6 Å². The molecule has 0 aliphatic carbocycles. The van der Waals surface area contributed by atoms with Crippen molar-refractivity contribution in [1.29, 1.82) is 0 Å². The number of aromatic nitrogens is 2. The lowest BCUT2D eigenvalue weighted by atomic mass is 10.2. The molecule has 0 spiro atoms. The van der Waals surface area contributed by atoms with Gasteiger partial charge in [-0.1, -0.05) is 40.9 Å². The number of amides is 2. The summed E-state index contributed by atoms with van der Waals surface area (Å²) in [5, 5.41) is 11.4. The van der Waals surface area contributed by atoms with E-state index in [0.29, 0.717) is 33.0 Å². The average molecular weight is 396 g/mol. The highest BCUT2D eigenvalue weighted by Gasteiger charge is 2.09. The first-order valence-corrected chi connectivity index (χ1v) is 8.43. The van der Waals surface area contributed by atoms with Gasteiger partial charge in [-0.2, -0.15) is 5.10 Å². The van der Waals surface area contributed by atoms with Gasteiger partial charge in [-0.3, -0.25) is 4.68 Å². The number of rotatable bonds is 4. The third-order valence-corrected chi connectivity index (χ3v) is 4.34. The van der Waals surface area contributed by atoms with Gasteiger partial charge >= 0.3 is 6.03 Å². The van der Waals surface area contributed by atoms with Gasteiger partial charge in [0, 0.05) is 32.5 Å². The molecule has 2 aromatic carbocycles. The number of halogens is 3. The number of nitrogens with zero attached hydrogens (tertiary/aromatic N) is 2. The first-order valence-electron chi connectivity index (χ1n) is 7.30. The lowest BCUT2D eigenvalue weighted by Crippen LogP contribution is -2.19. The molecule has 5 nitrogen and oxygen atoms in total. The van der Waals surface area contributed by atoms with E-state index < -0.39 is 0 Å². The summed E-state index contributed by atoms with van der Waals surface area (Å²) in [4.78, 5) is 12.0. The first kappa shape index (κ1) is 17.6. The standard InChI is InChI=1S/C17H13Cl3N4O/c18-11-4-6-12(7-5-11)22-17(25)23-13-8-21-24(9-13)10-14-15(19)2-1-3-16(14)20/h1-9H,10H2,(H2,22,23,25). The van der Waals surface area contributed by atoms with Crippen LogP contribution in [0.25, 0.3) is 0 Å². The monoisotopic (exact) mass is 394 g/mol. The number of urea groups is 1. The second-order valence-corrected chi connectivity index (χ2v) is 6.46. The van der Waals surface area contributed by atoms with E-state index in [-0.39, 0.29) is 6.03 Å². The largest absolute Gasteiger partial charge is 0.323 e.